The second-order valence-corrected chi connectivity index (χ2v) is 13.2. The third-order valence-corrected chi connectivity index (χ3v) is 9.24. The molecular weight excluding hydrogens is 526 g/mol. The summed E-state index contributed by atoms with van der Waals surface area (Å²) in [6, 6.07) is 27.2. The second kappa shape index (κ2) is 11.2. The smallest absolute Gasteiger partial charge is 0.217 e. The molecule has 1 atom stereocenters. The van der Waals surface area contributed by atoms with E-state index < -0.39 is 7.29 Å². The zero-order valence-corrected chi connectivity index (χ0v) is 23.5. The highest BCUT2D eigenvalue weighted by Gasteiger charge is 2.22. The molecule has 36 heavy (non-hydrogen) atoms. The van der Waals surface area contributed by atoms with Crippen LogP contribution in [0.2, 0.25) is 0 Å². The summed E-state index contributed by atoms with van der Waals surface area (Å²) in [4.78, 5) is 4.71. The Morgan fingerprint density at radius 2 is 1.33 bits per heavy atom. The van der Waals surface area contributed by atoms with Gasteiger partial charge in [0.05, 0.1) is 15.8 Å². The minimum atomic E-state index is -3.38. The number of hydrogen-bond acceptors (Lipinski definition) is 3. The van der Waals surface area contributed by atoms with Crippen LogP contribution < -0.4 is 5.09 Å². The van der Waals surface area contributed by atoms with Crippen molar-refractivity contribution in [3.05, 3.63) is 119 Å². The van der Waals surface area contributed by atoms with Crippen molar-refractivity contribution in [1.82, 2.24) is 4.98 Å². The Kier molecular flexibility index (Phi) is 8.22. The second-order valence-electron chi connectivity index (χ2n) is 9.37. The van der Waals surface area contributed by atoms with Gasteiger partial charge >= 0.3 is 0 Å². The highest BCUT2D eigenvalue weighted by molar-refractivity contribution is 7.72. The molecule has 0 spiro atoms. The fourth-order valence-electron chi connectivity index (χ4n) is 3.53. The van der Waals surface area contributed by atoms with E-state index in [-0.39, 0.29) is 5.41 Å². The van der Waals surface area contributed by atoms with Crippen LogP contribution in [-0.2, 0) is 9.98 Å². The van der Waals surface area contributed by atoms with Gasteiger partial charge in [0.1, 0.15) is 0 Å². The van der Waals surface area contributed by atoms with Crippen LogP contribution in [0.5, 0.6) is 0 Å². The lowest BCUT2D eigenvalue weighted by molar-refractivity contribution is 0.589. The summed E-state index contributed by atoms with van der Waals surface area (Å²) in [7, 11) is -3.38. The van der Waals surface area contributed by atoms with Gasteiger partial charge in [0, 0.05) is 22.6 Å². The molecule has 0 aliphatic heterocycles. The number of thiazole rings is 1. The molecule has 3 aromatic carbocycles. The first kappa shape index (κ1) is 26.4. The summed E-state index contributed by atoms with van der Waals surface area (Å²) in [5, 5.41) is 6.34. The van der Waals surface area contributed by atoms with Gasteiger partial charge in [-0.2, -0.15) is 0 Å². The molecule has 0 amide bonds. The van der Waals surface area contributed by atoms with Gasteiger partial charge in [-0.15, -0.1) is 11.3 Å². The van der Waals surface area contributed by atoms with Gasteiger partial charge < -0.3 is 5.09 Å². The summed E-state index contributed by atoms with van der Waals surface area (Å²) in [5.41, 5.74) is 4.68. The Morgan fingerprint density at radius 1 is 0.833 bits per heavy atom. The number of benzene rings is 3. The maximum absolute atomic E-state index is 14.2. The summed E-state index contributed by atoms with van der Waals surface area (Å²) >= 11 is 14.6. The van der Waals surface area contributed by atoms with Crippen molar-refractivity contribution >= 4 is 57.0 Å². The number of anilines is 1. The molecule has 4 aromatic rings. The maximum Gasteiger partial charge on any atom is 0.217 e. The van der Waals surface area contributed by atoms with Crippen LogP contribution in [0.15, 0.2) is 102 Å². The molecule has 1 heterocycles. The van der Waals surface area contributed by atoms with Crippen LogP contribution in [0.4, 0.5) is 5.13 Å². The van der Waals surface area contributed by atoms with Gasteiger partial charge in [-0.05, 0) is 22.1 Å². The van der Waals surface area contributed by atoms with Gasteiger partial charge in [0.15, 0.2) is 5.13 Å². The Morgan fingerprint density at radius 3 is 1.81 bits per heavy atom. The molecule has 0 saturated heterocycles. The number of nitrogens with zero attached hydrogens (tertiary/aromatic N) is 1. The average Bonchev–Trinajstić information content (AvgIpc) is 3.32. The summed E-state index contributed by atoms with van der Waals surface area (Å²) in [5.74, 6) is 3.07. The van der Waals surface area contributed by atoms with Crippen LogP contribution >= 0.6 is 41.8 Å². The molecule has 0 fully saturated rings. The minimum absolute atomic E-state index is 0.0780. The lowest BCUT2D eigenvalue weighted by Gasteiger charge is -2.18. The van der Waals surface area contributed by atoms with E-state index in [2.05, 4.69) is 50.1 Å². The molecule has 1 N–H and O–H groups in total. The van der Waals surface area contributed by atoms with Crippen LogP contribution in [-0.4, -0.2) is 4.98 Å². The molecule has 0 aliphatic rings. The van der Waals surface area contributed by atoms with E-state index in [4.69, 9.17) is 28.2 Å². The molecular formula is C29H27Cl2N2OPS. The van der Waals surface area contributed by atoms with Crippen molar-refractivity contribution in [2.75, 3.05) is 5.09 Å². The lowest BCUT2D eigenvalue weighted by Crippen LogP contribution is -2.10. The molecule has 1 unspecified atom stereocenters. The standard InChI is InChI=1S/C29H27Cl2N2OPS/c1-29(2,3)24-16-14-23(15-17-24)27-20-36-28(32-27)33-35(34,18-25(30)21-10-6-4-7-11-21)19-26(31)22-12-8-5-9-13-22/h4-20H,1-3H3,(H,32,33,34)/b25-18+,26-19?. The van der Waals surface area contributed by atoms with Gasteiger partial charge in [0.2, 0.25) is 7.29 Å². The topological polar surface area (TPSA) is 42.0 Å². The van der Waals surface area contributed by atoms with Crippen molar-refractivity contribution in [3.8, 4) is 11.3 Å². The number of rotatable bonds is 7. The average molecular weight is 553 g/mol. The SMILES string of the molecule is CC(C)(C)c1ccc(-c2csc(NP(=O)(C=C(Cl)c3ccccc3)/C=C(/Cl)c3ccccc3)n2)cc1. The third kappa shape index (κ3) is 6.78. The molecule has 0 saturated carbocycles. The van der Waals surface area contributed by atoms with Gasteiger partial charge in [-0.1, -0.05) is 129 Å². The Bertz CT molecular complexity index is 1360. The van der Waals surface area contributed by atoms with Crippen molar-refractivity contribution < 1.29 is 4.57 Å². The van der Waals surface area contributed by atoms with Gasteiger partial charge in [0.25, 0.3) is 0 Å². The van der Waals surface area contributed by atoms with E-state index in [0.29, 0.717) is 15.2 Å². The number of halogens is 2. The number of nitrogens with one attached hydrogen (secondary N) is 1. The zero-order valence-electron chi connectivity index (χ0n) is 20.3. The number of hydrogen-bond donors (Lipinski definition) is 1. The van der Waals surface area contributed by atoms with Crippen molar-refractivity contribution in [2.24, 2.45) is 0 Å². The molecule has 4 rings (SSSR count). The lowest BCUT2D eigenvalue weighted by atomic mass is 9.86. The van der Waals surface area contributed by atoms with E-state index in [9.17, 15) is 4.57 Å². The summed E-state index contributed by atoms with van der Waals surface area (Å²) in [6.07, 6.45) is 0. The van der Waals surface area contributed by atoms with E-state index in [0.717, 1.165) is 22.4 Å². The summed E-state index contributed by atoms with van der Waals surface area (Å²) < 4.78 is 14.2. The van der Waals surface area contributed by atoms with Crippen LogP contribution in [0.3, 0.4) is 0 Å². The van der Waals surface area contributed by atoms with Crippen LogP contribution in [0.25, 0.3) is 21.3 Å². The summed E-state index contributed by atoms with van der Waals surface area (Å²) in [6.45, 7) is 6.56. The van der Waals surface area contributed by atoms with E-state index in [1.165, 1.54) is 28.5 Å². The molecule has 0 aliphatic carbocycles. The van der Waals surface area contributed by atoms with E-state index in [1.807, 2.05) is 66.0 Å². The number of aromatic nitrogens is 1. The maximum atomic E-state index is 14.2. The van der Waals surface area contributed by atoms with Crippen LogP contribution in [0.1, 0.15) is 37.5 Å². The van der Waals surface area contributed by atoms with E-state index in [1.54, 1.807) is 0 Å². The minimum Gasteiger partial charge on any atom is -0.306 e. The Balaban J connectivity index is 1.67. The first-order valence-corrected chi connectivity index (χ1v) is 14.9. The highest BCUT2D eigenvalue weighted by Crippen LogP contribution is 2.54. The molecule has 0 bridgehead atoms. The van der Waals surface area contributed by atoms with Gasteiger partial charge in [-0.25, -0.2) is 4.98 Å². The van der Waals surface area contributed by atoms with Crippen LogP contribution in [0, 0.1) is 0 Å². The molecule has 184 valence electrons. The van der Waals surface area contributed by atoms with E-state index >= 15 is 0 Å². The van der Waals surface area contributed by atoms with Crippen molar-refractivity contribution in [1.29, 1.82) is 0 Å². The highest BCUT2D eigenvalue weighted by atomic mass is 35.5. The Hall–Kier alpha value is -2.62. The first-order valence-electron chi connectivity index (χ1n) is 11.4. The molecule has 3 nitrogen and oxygen atoms in total. The quantitative estimate of drug-likeness (QED) is 0.232. The Labute approximate surface area is 227 Å². The molecule has 7 heteroatoms. The zero-order chi connectivity index (χ0) is 25.8. The normalized spacial score (nSPS) is 14.4. The van der Waals surface area contributed by atoms with Crippen molar-refractivity contribution in [3.63, 3.8) is 0 Å². The fourth-order valence-corrected chi connectivity index (χ4v) is 7.38. The monoisotopic (exact) mass is 552 g/mol. The predicted molar refractivity (Wildman–Crippen MR) is 158 cm³/mol. The van der Waals surface area contributed by atoms with Gasteiger partial charge in [-0.3, -0.25) is 4.57 Å². The fraction of sp³-hybridized carbons (Fsp3) is 0.138. The molecule has 0 radical (unpaired) electrons. The first-order chi connectivity index (χ1) is 17.1. The third-order valence-electron chi connectivity index (χ3n) is 5.53. The largest absolute Gasteiger partial charge is 0.306 e. The van der Waals surface area contributed by atoms with Crippen molar-refractivity contribution in [2.45, 2.75) is 26.2 Å². The predicted octanol–water partition coefficient (Wildman–Crippen LogP) is 10.3. The molecule has 1 aromatic heterocycles.